The molecule has 0 saturated heterocycles. The van der Waals surface area contributed by atoms with Gasteiger partial charge in [0.05, 0.1) is 24.0 Å². The van der Waals surface area contributed by atoms with E-state index < -0.39 is 15.8 Å². The Kier molecular flexibility index (Phi) is 6.51. The quantitative estimate of drug-likeness (QED) is 0.128. The van der Waals surface area contributed by atoms with Crippen LogP contribution in [0, 0.1) is 17.0 Å². The molecular formula is C28H29N4O4S2+. The zero-order chi connectivity index (χ0) is 27.4. The molecule has 5 rings (SSSR count). The molecule has 10 heteroatoms. The number of imidazole rings is 1. The minimum atomic E-state index is -0.563. The Labute approximate surface area is 228 Å². The fourth-order valence-corrected chi connectivity index (χ4v) is 7.43. The Morgan fingerprint density at radius 1 is 1.08 bits per heavy atom. The fourth-order valence-electron chi connectivity index (χ4n) is 5.27. The van der Waals surface area contributed by atoms with Crippen LogP contribution in [0.5, 0.6) is 5.75 Å². The van der Waals surface area contributed by atoms with E-state index in [2.05, 4.69) is 11.1 Å². The summed E-state index contributed by atoms with van der Waals surface area (Å²) in [5.41, 5.74) is 4.76. The minimum Gasteiger partial charge on any atom is -0.496 e. The van der Waals surface area contributed by atoms with Crippen LogP contribution in [0.2, 0.25) is 0 Å². The highest BCUT2D eigenvalue weighted by Crippen LogP contribution is 2.47. The molecule has 0 atom stereocenters. The Morgan fingerprint density at radius 3 is 2.37 bits per heavy atom. The van der Waals surface area contributed by atoms with Gasteiger partial charge in [-0.25, -0.2) is 9.55 Å². The van der Waals surface area contributed by atoms with E-state index in [1.165, 1.54) is 12.1 Å². The van der Waals surface area contributed by atoms with E-state index in [9.17, 15) is 14.9 Å². The molecule has 2 aromatic carbocycles. The third-order valence-electron chi connectivity index (χ3n) is 7.41. The minimum absolute atomic E-state index is 0.0767. The van der Waals surface area contributed by atoms with Gasteiger partial charge in [-0.1, -0.05) is 26.6 Å². The number of methoxy groups -OCH3 is 1. The molecule has 1 aliphatic rings. The number of ether oxygens (including phenoxy) is 1. The molecular weight excluding hydrogens is 520 g/mol. The molecule has 0 fully saturated rings. The third-order valence-corrected chi connectivity index (χ3v) is 9.66. The Balaban J connectivity index is 1.49. The number of nitrogens with one attached hydrogen (secondary N) is 1. The van der Waals surface area contributed by atoms with Gasteiger partial charge in [0.25, 0.3) is 5.69 Å². The van der Waals surface area contributed by atoms with E-state index in [0.717, 1.165) is 44.1 Å². The maximum atomic E-state index is 13.1. The molecule has 2 aromatic heterocycles. The van der Waals surface area contributed by atoms with Crippen LogP contribution in [-0.2, 0) is 21.4 Å². The van der Waals surface area contributed by atoms with Crippen LogP contribution in [0.3, 0.4) is 0 Å². The van der Waals surface area contributed by atoms with Crippen molar-refractivity contribution in [2.24, 2.45) is 0 Å². The number of benzene rings is 2. The second-order valence-corrected chi connectivity index (χ2v) is 12.8. The van der Waals surface area contributed by atoms with Crippen molar-refractivity contribution in [2.45, 2.75) is 56.1 Å². The molecule has 0 amide bonds. The van der Waals surface area contributed by atoms with Gasteiger partial charge in [-0.15, -0.1) is 0 Å². The number of rotatable bonds is 7. The number of hydrogen-bond donors (Lipinski definition) is 1. The molecule has 2 heterocycles. The first-order chi connectivity index (χ1) is 17.9. The number of H-pyrrole nitrogens is 1. The number of fused-ring (bicyclic) bond motifs is 2. The number of non-ortho nitro benzene ring substituents is 1. The number of Topliss-reactive ketones (excluding diaryl/α,β-unsaturated/α-hetero) is 1. The highest BCUT2D eigenvalue weighted by molar-refractivity contribution is 8.76. The summed E-state index contributed by atoms with van der Waals surface area (Å²) in [4.78, 5) is 33.0. The van der Waals surface area contributed by atoms with E-state index in [0.29, 0.717) is 11.7 Å². The maximum absolute atomic E-state index is 13.1. The van der Waals surface area contributed by atoms with Gasteiger partial charge in [0.15, 0.2) is 11.3 Å². The van der Waals surface area contributed by atoms with Crippen molar-refractivity contribution in [3.8, 4) is 11.7 Å². The van der Waals surface area contributed by atoms with E-state index in [4.69, 9.17) is 9.72 Å². The summed E-state index contributed by atoms with van der Waals surface area (Å²) in [7, 11) is 4.85. The highest BCUT2D eigenvalue weighted by atomic mass is 33.1. The average molecular weight is 550 g/mol. The summed E-state index contributed by atoms with van der Waals surface area (Å²) in [6.07, 6.45) is 1.95. The van der Waals surface area contributed by atoms with E-state index >= 15 is 0 Å². The molecule has 196 valence electrons. The van der Waals surface area contributed by atoms with Crippen molar-refractivity contribution in [1.29, 1.82) is 0 Å². The zero-order valence-corrected chi connectivity index (χ0v) is 23.8. The summed E-state index contributed by atoms with van der Waals surface area (Å²) < 4.78 is 7.62. The van der Waals surface area contributed by atoms with Gasteiger partial charge in [-0.3, -0.25) is 14.9 Å². The first-order valence-corrected chi connectivity index (χ1v) is 14.5. The third kappa shape index (κ3) is 4.25. The summed E-state index contributed by atoms with van der Waals surface area (Å²) in [6.45, 7) is 9.98. The second kappa shape index (κ2) is 9.43. The Hall–Kier alpha value is -3.37. The van der Waals surface area contributed by atoms with Crippen molar-refractivity contribution < 1.29 is 19.0 Å². The van der Waals surface area contributed by atoms with Crippen LogP contribution in [0.15, 0.2) is 53.6 Å². The van der Waals surface area contributed by atoms with Gasteiger partial charge in [0.1, 0.15) is 17.0 Å². The van der Waals surface area contributed by atoms with Crippen molar-refractivity contribution in [2.75, 3.05) is 7.11 Å². The molecule has 8 nitrogen and oxygen atoms in total. The number of hydrogen-bond acceptors (Lipinski definition) is 7. The molecule has 1 N–H and O–H groups in total. The molecule has 0 aliphatic heterocycles. The SMILES string of the molecule is COc1cc[n+](-c2nc3cc4c(cc3[nH]2)C(C)(C)C(=O)C4(C)C)c(CSSc2ccc([N+](=O)[O-])cc2)c1C. The van der Waals surface area contributed by atoms with Crippen LogP contribution in [0.25, 0.3) is 17.0 Å². The number of carbonyl (C=O) groups is 1. The van der Waals surface area contributed by atoms with Gasteiger partial charge in [0.2, 0.25) is 0 Å². The molecule has 0 spiro atoms. The van der Waals surface area contributed by atoms with Crippen LogP contribution in [-0.4, -0.2) is 27.8 Å². The smallest absolute Gasteiger partial charge is 0.402 e. The molecule has 38 heavy (non-hydrogen) atoms. The lowest BCUT2D eigenvalue weighted by Gasteiger charge is -2.21. The first kappa shape index (κ1) is 26.2. The van der Waals surface area contributed by atoms with Crippen LogP contribution >= 0.6 is 21.6 Å². The predicted octanol–water partition coefficient (Wildman–Crippen LogP) is 6.14. The van der Waals surface area contributed by atoms with Gasteiger partial charge >= 0.3 is 5.95 Å². The second-order valence-electron chi connectivity index (χ2n) is 10.5. The number of pyridine rings is 1. The van der Waals surface area contributed by atoms with Gasteiger partial charge in [0, 0.05) is 39.5 Å². The standard InChI is InChI=1S/C28H29N4O4S2/c1-16-23(15-37-38-18-9-7-17(8-10-18)32(34)35)31(12-11-24(16)36-6)26-29-21-13-19-20(14-22(21)30-26)28(4,5)25(33)27(19,2)3/h7-14H,15H2,1-6H3,(H,29,30)/q+1. The summed E-state index contributed by atoms with van der Waals surface area (Å²) in [5, 5.41) is 10.9. The highest BCUT2D eigenvalue weighted by Gasteiger charge is 2.50. The molecule has 0 saturated carbocycles. The number of ketones is 1. The van der Waals surface area contributed by atoms with Crippen LogP contribution in [0.1, 0.15) is 50.1 Å². The van der Waals surface area contributed by atoms with Crippen molar-refractivity contribution in [1.82, 2.24) is 9.97 Å². The topological polar surface area (TPSA) is 102 Å². The van der Waals surface area contributed by atoms with Gasteiger partial charge in [-0.2, -0.15) is 0 Å². The van der Waals surface area contributed by atoms with E-state index in [1.807, 2.05) is 57.5 Å². The summed E-state index contributed by atoms with van der Waals surface area (Å²) >= 11 is 0. The summed E-state index contributed by atoms with van der Waals surface area (Å²) in [5.74, 6) is 2.34. The monoisotopic (exact) mass is 549 g/mol. The Bertz CT molecular complexity index is 1540. The van der Waals surface area contributed by atoms with Gasteiger partial charge in [-0.05, 0) is 70.0 Å². The van der Waals surface area contributed by atoms with E-state index in [1.54, 1.807) is 40.8 Å². The average Bonchev–Trinajstić information content (AvgIpc) is 3.36. The van der Waals surface area contributed by atoms with Crippen molar-refractivity contribution in [3.63, 3.8) is 0 Å². The number of nitrogens with zero attached hydrogens (tertiary/aromatic N) is 3. The lowest BCUT2D eigenvalue weighted by atomic mass is 9.80. The fraction of sp³-hybridized carbons (Fsp3) is 0.321. The van der Waals surface area contributed by atoms with Gasteiger partial charge < -0.3 is 4.74 Å². The largest absolute Gasteiger partial charge is 0.496 e. The normalized spacial score (nSPS) is 15.6. The Morgan fingerprint density at radius 2 is 1.74 bits per heavy atom. The lowest BCUT2D eigenvalue weighted by molar-refractivity contribution is -0.610. The molecule has 0 unspecified atom stereocenters. The molecule has 1 aliphatic carbocycles. The van der Waals surface area contributed by atoms with Crippen LogP contribution in [0.4, 0.5) is 5.69 Å². The number of carbonyl (C=O) groups excluding carboxylic acids is 1. The molecule has 0 radical (unpaired) electrons. The number of aromatic nitrogens is 3. The van der Waals surface area contributed by atoms with Crippen LogP contribution < -0.4 is 9.30 Å². The van der Waals surface area contributed by atoms with E-state index in [-0.39, 0.29) is 11.5 Å². The maximum Gasteiger partial charge on any atom is 0.402 e. The zero-order valence-electron chi connectivity index (χ0n) is 22.1. The number of aromatic amines is 1. The number of nitro benzene ring substituents is 1. The molecule has 4 aromatic rings. The summed E-state index contributed by atoms with van der Waals surface area (Å²) in [6, 6.07) is 12.6. The predicted molar refractivity (Wildman–Crippen MR) is 150 cm³/mol. The first-order valence-electron chi connectivity index (χ1n) is 12.2. The van der Waals surface area contributed by atoms with Crippen molar-refractivity contribution >= 4 is 44.1 Å². The molecule has 0 bridgehead atoms. The van der Waals surface area contributed by atoms with Crippen molar-refractivity contribution in [3.05, 3.63) is 81.2 Å². The number of nitro groups is 1. The lowest BCUT2D eigenvalue weighted by Crippen LogP contribution is -2.37.